The number of aryl methyl sites for hydroxylation is 1. The van der Waals surface area contributed by atoms with E-state index >= 15 is 0 Å². The number of amides is 2. The molecule has 0 fully saturated rings. The van der Waals surface area contributed by atoms with Crippen LogP contribution in [0.5, 0.6) is 17.2 Å². The normalized spacial score (nSPS) is 11.4. The second-order valence-electron chi connectivity index (χ2n) is 5.76. The van der Waals surface area contributed by atoms with Gasteiger partial charge < -0.3 is 25.2 Å². The molecule has 26 heavy (non-hydrogen) atoms. The Labute approximate surface area is 151 Å². The number of carbonyl (C=O) groups is 2. The van der Waals surface area contributed by atoms with Gasteiger partial charge in [-0.1, -0.05) is 6.07 Å². The van der Waals surface area contributed by atoms with Crippen molar-refractivity contribution in [1.29, 1.82) is 0 Å². The number of hydrogen-bond acceptors (Lipinski definition) is 5. The third-order valence-corrected chi connectivity index (χ3v) is 3.92. The minimum absolute atomic E-state index is 0.0898. The summed E-state index contributed by atoms with van der Waals surface area (Å²) in [5, 5.41) is 14.6. The molecule has 7 nitrogen and oxygen atoms in total. The number of ether oxygens (including phenoxy) is 2. The molecule has 0 saturated heterocycles. The first kappa shape index (κ1) is 19.1. The number of anilines is 1. The zero-order valence-electron chi connectivity index (χ0n) is 15.1. The largest absolute Gasteiger partial charge is 0.508 e. The highest BCUT2D eigenvalue weighted by atomic mass is 16.5. The van der Waals surface area contributed by atoms with Crippen LogP contribution in [0.1, 0.15) is 24.1 Å². The van der Waals surface area contributed by atoms with Gasteiger partial charge in [0.05, 0.1) is 20.3 Å². The molecule has 3 N–H and O–H groups in total. The highest BCUT2D eigenvalue weighted by Crippen LogP contribution is 2.29. The van der Waals surface area contributed by atoms with Gasteiger partial charge in [0.1, 0.15) is 5.75 Å². The Morgan fingerprint density at radius 2 is 1.69 bits per heavy atom. The Hall–Kier alpha value is -3.22. The molecule has 0 heterocycles. The quantitative estimate of drug-likeness (QED) is 0.564. The molecule has 2 aromatic carbocycles. The van der Waals surface area contributed by atoms with Crippen LogP contribution in [-0.4, -0.2) is 31.1 Å². The third kappa shape index (κ3) is 4.44. The predicted octanol–water partition coefficient (Wildman–Crippen LogP) is 2.53. The summed E-state index contributed by atoms with van der Waals surface area (Å²) in [5.74, 6) is -0.344. The van der Waals surface area contributed by atoms with Crippen molar-refractivity contribution in [2.75, 3.05) is 19.5 Å². The Morgan fingerprint density at radius 3 is 2.31 bits per heavy atom. The lowest BCUT2D eigenvalue weighted by Gasteiger charge is -2.16. The van der Waals surface area contributed by atoms with Crippen molar-refractivity contribution in [2.24, 2.45) is 0 Å². The molecule has 1 atom stereocenters. The van der Waals surface area contributed by atoms with Crippen molar-refractivity contribution >= 4 is 17.5 Å². The molecule has 0 radical (unpaired) electrons. The molecular weight excluding hydrogens is 336 g/mol. The van der Waals surface area contributed by atoms with Gasteiger partial charge >= 0.3 is 11.8 Å². The zero-order valence-corrected chi connectivity index (χ0v) is 15.1. The number of aromatic hydroxyl groups is 1. The summed E-state index contributed by atoms with van der Waals surface area (Å²) in [4.78, 5) is 24.3. The number of carbonyl (C=O) groups excluding carboxylic acids is 2. The van der Waals surface area contributed by atoms with E-state index in [4.69, 9.17) is 9.47 Å². The van der Waals surface area contributed by atoms with Gasteiger partial charge in [-0.2, -0.15) is 0 Å². The highest BCUT2D eigenvalue weighted by Gasteiger charge is 2.19. The molecule has 0 aliphatic heterocycles. The highest BCUT2D eigenvalue weighted by molar-refractivity contribution is 6.39. The third-order valence-electron chi connectivity index (χ3n) is 3.92. The first-order valence-electron chi connectivity index (χ1n) is 7.99. The number of rotatable bonds is 5. The summed E-state index contributed by atoms with van der Waals surface area (Å²) < 4.78 is 10.4. The van der Waals surface area contributed by atoms with Crippen molar-refractivity contribution in [3.05, 3.63) is 47.5 Å². The Bertz CT molecular complexity index is 820. The number of nitrogens with one attached hydrogen (secondary N) is 2. The number of methoxy groups -OCH3 is 2. The van der Waals surface area contributed by atoms with Crippen molar-refractivity contribution in [2.45, 2.75) is 19.9 Å². The summed E-state index contributed by atoms with van der Waals surface area (Å²) >= 11 is 0. The zero-order chi connectivity index (χ0) is 19.3. The van der Waals surface area contributed by atoms with Crippen LogP contribution in [0.15, 0.2) is 36.4 Å². The Morgan fingerprint density at radius 1 is 1.00 bits per heavy atom. The fraction of sp³-hybridized carbons (Fsp3) is 0.263. The van der Waals surface area contributed by atoms with Crippen LogP contribution >= 0.6 is 0 Å². The summed E-state index contributed by atoms with van der Waals surface area (Å²) in [6.07, 6.45) is 0. The van der Waals surface area contributed by atoms with E-state index in [-0.39, 0.29) is 5.75 Å². The Kier molecular flexibility index (Phi) is 6.06. The summed E-state index contributed by atoms with van der Waals surface area (Å²) in [7, 11) is 3.07. The van der Waals surface area contributed by atoms with Crippen molar-refractivity contribution in [3.8, 4) is 17.2 Å². The lowest BCUT2D eigenvalue weighted by molar-refractivity contribution is -0.136. The van der Waals surface area contributed by atoms with Gasteiger partial charge in [-0.25, -0.2) is 0 Å². The second-order valence-corrected chi connectivity index (χ2v) is 5.76. The summed E-state index contributed by atoms with van der Waals surface area (Å²) in [6.45, 7) is 3.48. The molecule has 1 unspecified atom stereocenters. The van der Waals surface area contributed by atoms with E-state index in [1.54, 1.807) is 39.2 Å². The van der Waals surface area contributed by atoms with Crippen molar-refractivity contribution < 1.29 is 24.2 Å². The maximum Gasteiger partial charge on any atom is 0.313 e. The van der Waals surface area contributed by atoms with E-state index in [0.29, 0.717) is 22.7 Å². The van der Waals surface area contributed by atoms with Gasteiger partial charge in [0.25, 0.3) is 0 Å². The molecule has 2 aromatic rings. The maximum absolute atomic E-state index is 12.2. The van der Waals surface area contributed by atoms with Gasteiger partial charge in [-0.15, -0.1) is 0 Å². The van der Waals surface area contributed by atoms with E-state index in [0.717, 1.165) is 5.56 Å². The van der Waals surface area contributed by atoms with Crippen LogP contribution < -0.4 is 20.1 Å². The van der Waals surface area contributed by atoms with Crippen LogP contribution in [0.3, 0.4) is 0 Å². The summed E-state index contributed by atoms with van der Waals surface area (Å²) in [6, 6.07) is 9.32. The molecule has 0 aromatic heterocycles. The average Bonchev–Trinajstić information content (AvgIpc) is 2.63. The molecule has 0 bridgehead atoms. The molecule has 138 valence electrons. The lowest BCUT2D eigenvalue weighted by atomic mass is 10.1. The average molecular weight is 358 g/mol. The molecule has 2 amide bonds. The maximum atomic E-state index is 12.2. The van der Waals surface area contributed by atoms with Crippen LogP contribution in [0.2, 0.25) is 0 Å². The number of benzene rings is 2. The second kappa shape index (κ2) is 8.24. The van der Waals surface area contributed by atoms with Crippen LogP contribution in [0.25, 0.3) is 0 Å². The lowest BCUT2D eigenvalue weighted by Crippen LogP contribution is -2.37. The van der Waals surface area contributed by atoms with Crippen LogP contribution in [0, 0.1) is 6.92 Å². The van der Waals surface area contributed by atoms with E-state index in [1.807, 2.05) is 0 Å². The molecule has 7 heteroatoms. The number of hydrogen-bond donors (Lipinski definition) is 3. The minimum atomic E-state index is -0.786. The summed E-state index contributed by atoms with van der Waals surface area (Å²) in [5.41, 5.74) is 1.88. The van der Waals surface area contributed by atoms with Gasteiger partial charge in [0.2, 0.25) is 0 Å². The predicted molar refractivity (Wildman–Crippen MR) is 97.6 cm³/mol. The molecule has 0 aliphatic rings. The fourth-order valence-electron chi connectivity index (χ4n) is 2.43. The molecule has 0 aliphatic carbocycles. The van der Waals surface area contributed by atoms with E-state index in [9.17, 15) is 14.7 Å². The van der Waals surface area contributed by atoms with Crippen LogP contribution in [0.4, 0.5) is 5.69 Å². The smallest absolute Gasteiger partial charge is 0.313 e. The fourth-order valence-corrected chi connectivity index (χ4v) is 2.43. The van der Waals surface area contributed by atoms with E-state index < -0.39 is 17.9 Å². The van der Waals surface area contributed by atoms with E-state index in [1.165, 1.54) is 25.3 Å². The monoisotopic (exact) mass is 358 g/mol. The topological polar surface area (TPSA) is 96.9 Å². The molecule has 2 rings (SSSR count). The van der Waals surface area contributed by atoms with Crippen LogP contribution in [-0.2, 0) is 9.59 Å². The number of phenols is 1. The van der Waals surface area contributed by atoms with Gasteiger partial charge in [0, 0.05) is 5.69 Å². The minimum Gasteiger partial charge on any atom is -0.508 e. The van der Waals surface area contributed by atoms with E-state index in [2.05, 4.69) is 10.6 Å². The van der Waals surface area contributed by atoms with Crippen molar-refractivity contribution in [3.63, 3.8) is 0 Å². The number of phenolic OH excluding ortho intramolecular Hbond substituents is 1. The molecular formula is C19H22N2O5. The first-order chi connectivity index (χ1) is 12.3. The van der Waals surface area contributed by atoms with Gasteiger partial charge in [-0.05, 0) is 55.3 Å². The SMILES string of the molecule is COc1ccc(C(C)NC(=O)C(=O)Nc2ccc(O)cc2C)cc1OC. The molecule has 0 saturated carbocycles. The van der Waals surface area contributed by atoms with Gasteiger partial charge in [-0.3, -0.25) is 9.59 Å². The standard InChI is InChI=1S/C19H22N2O5/c1-11-9-14(22)6-7-15(11)21-19(24)18(23)20-12(2)13-5-8-16(25-3)17(10-13)26-4/h5-10,12,22H,1-4H3,(H,20,23)(H,21,24). The first-order valence-corrected chi connectivity index (χ1v) is 7.99. The van der Waals surface area contributed by atoms with Crippen molar-refractivity contribution in [1.82, 2.24) is 5.32 Å². The molecule has 0 spiro atoms. The van der Waals surface area contributed by atoms with Gasteiger partial charge in [0.15, 0.2) is 11.5 Å². The Balaban J connectivity index is 2.05.